The van der Waals surface area contributed by atoms with Crippen LogP contribution in [0.25, 0.3) is 10.1 Å². The molecule has 1 aromatic carbocycles. The number of hydrogen-bond donors (Lipinski definition) is 0. The Bertz CT molecular complexity index is 903. The molecule has 8 heteroatoms. The van der Waals surface area contributed by atoms with Crippen LogP contribution in [0, 0.1) is 5.82 Å². The van der Waals surface area contributed by atoms with Crippen molar-refractivity contribution in [2.75, 3.05) is 45.8 Å². The van der Waals surface area contributed by atoms with Gasteiger partial charge in [-0.3, -0.25) is 14.5 Å². The topological polar surface area (TPSA) is 43.9 Å². The normalized spacial score (nSPS) is 18.8. The number of piperazine rings is 1. The van der Waals surface area contributed by atoms with Crippen molar-refractivity contribution in [2.45, 2.75) is 25.7 Å². The van der Waals surface area contributed by atoms with Crippen molar-refractivity contribution in [1.29, 1.82) is 0 Å². The van der Waals surface area contributed by atoms with Crippen molar-refractivity contribution in [3.05, 3.63) is 33.9 Å². The lowest BCUT2D eigenvalue weighted by molar-refractivity contribution is -0.132. The molecule has 0 aliphatic carbocycles. The summed E-state index contributed by atoms with van der Waals surface area (Å²) in [5, 5.41) is 1.11. The van der Waals surface area contributed by atoms with Gasteiger partial charge in [0.2, 0.25) is 5.91 Å². The van der Waals surface area contributed by atoms with E-state index in [1.165, 1.54) is 36.3 Å². The van der Waals surface area contributed by atoms with E-state index in [1.54, 1.807) is 11.0 Å². The van der Waals surface area contributed by atoms with Crippen LogP contribution in [0.2, 0.25) is 5.02 Å². The summed E-state index contributed by atoms with van der Waals surface area (Å²) in [7, 11) is 0. The summed E-state index contributed by atoms with van der Waals surface area (Å²) in [6, 6.07) is 4.39. The van der Waals surface area contributed by atoms with E-state index in [9.17, 15) is 14.0 Å². The van der Waals surface area contributed by atoms with Gasteiger partial charge in [-0.1, -0.05) is 24.4 Å². The minimum Gasteiger partial charge on any atom is -0.342 e. The third-order valence-electron chi connectivity index (χ3n) is 5.76. The molecule has 29 heavy (non-hydrogen) atoms. The fourth-order valence-corrected chi connectivity index (χ4v) is 5.55. The Morgan fingerprint density at radius 2 is 1.66 bits per heavy atom. The summed E-state index contributed by atoms with van der Waals surface area (Å²) in [6.07, 6.45) is 4.59. The van der Waals surface area contributed by atoms with Crippen LogP contribution >= 0.6 is 22.9 Å². The van der Waals surface area contributed by atoms with E-state index in [1.807, 2.05) is 4.90 Å². The molecule has 2 aliphatic rings. The van der Waals surface area contributed by atoms with Gasteiger partial charge in [0.05, 0.1) is 11.6 Å². The van der Waals surface area contributed by atoms with Gasteiger partial charge < -0.3 is 9.80 Å². The van der Waals surface area contributed by atoms with Gasteiger partial charge in [0, 0.05) is 49.4 Å². The summed E-state index contributed by atoms with van der Waals surface area (Å²) >= 11 is 7.63. The largest absolute Gasteiger partial charge is 0.342 e. The average Bonchev–Trinajstić information content (AvgIpc) is 2.89. The number of rotatable bonds is 3. The first-order valence-electron chi connectivity index (χ1n) is 10.2. The first-order chi connectivity index (χ1) is 14.0. The SMILES string of the molecule is O=C(CN1CCN(C(=O)c2sc3cc(F)ccc3c2Cl)CC1)N1CCCCCC1. The number of amides is 2. The molecule has 2 aromatic rings. The van der Waals surface area contributed by atoms with Gasteiger partial charge >= 0.3 is 0 Å². The van der Waals surface area contributed by atoms with Crippen LogP contribution in [0.4, 0.5) is 4.39 Å². The van der Waals surface area contributed by atoms with Crippen LogP contribution in [-0.2, 0) is 4.79 Å². The predicted molar refractivity (Wildman–Crippen MR) is 114 cm³/mol. The van der Waals surface area contributed by atoms with Gasteiger partial charge in [0.15, 0.2) is 0 Å². The van der Waals surface area contributed by atoms with Crippen LogP contribution in [-0.4, -0.2) is 72.3 Å². The van der Waals surface area contributed by atoms with Crippen molar-refractivity contribution in [3.63, 3.8) is 0 Å². The third kappa shape index (κ3) is 4.57. The molecular formula is C21H25ClFN3O2S. The molecule has 3 heterocycles. The molecule has 0 unspecified atom stereocenters. The zero-order chi connectivity index (χ0) is 20.4. The van der Waals surface area contributed by atoms with E-state index in [2.05, 4.69) is 4.90 Å². The molecule has 0 radical (unpaired) electrons. The van der Waals surface area contributed by atoms with E-state index >= 15 is 0 Å². The maximum absolute atomic E-state index is 13.5. The summed E-state index contributed by atoms with van der Waals surface area (Å²) < 4.78 is 14.1. The first kappa shape index (κ1) is 20.6. The Hall–Kier alpha value is -1.70. The highest BCUT2D eigenvalue weighted by Gasteiger charge is 2.27. The summed E-state index contributed by atoms with van der Waals surface area (Å²) in [5.74, 6) is -0.256. The second kappa shape index (κ2) is 8.98. The second-order valence-electron chi connectivity index (χ2n) is 7.75. The zero-order valence-electron chi connectivity index (χ0n) is 16.3. The molecule has 1 aromatic heterocycles. The second-order valence-corrected chi connectivity index (χ2v) is 9.18. The number of fused-ring (bicyclic) bond motifs is 1. The van der Waals surface area contributed by atoms with Gasteiger partial charge in [0.25, 0.3) is 5.91 Å². The predicted octanol–water partition coefficient (Wildman–Crippen LogP) is 3.85. The lowest BCUT2D eigenvalue weighted by atomic mass is 10.2. The number of likely N-dealkylation sites (tertiary alicyclic amines) is 1. The smallest absolute Gasteiger partial charge is 0.265 e. The van der Waals surface area contributed by atoms with Crippen LogP contribution in [0.5, 0.6) is 0 Å². The van der Waals surface area contributed by atoms with E-state index in [0.29, 0.717) is 52.7 Å². The molecule has 2 aliphatic heterocycles. The molecular weight excluding hydrogens is 413 g/mol. The minimum atomic E-state index is -0.336. The average molecular weight is 438 g/mol. The summed E-state index contributed by atoms with van der Waals surface area (Å²) in [5.41, 5.74) is 0. The fourth-order valence-electron chi connectivity index (χ4n) is 4.04. The third-order valence-corrected chi connectivity index (χ3v) is 7.41. The van der Waals surface area contributed by atoms with Crippen molar-refractivity contribution >= 4 is 44.8 Å². The molecule has 0 spiro atoms. The first-order valence-corrected chi connectivity index (χ1v) is 11.4. The number of hydrogen-bond acceptors (Lipinski definition) is 4. The van der Waals surface area contributed by atoms with Crippen molar-refractivity contribution in [1.82, 2.24) is 14.7 Å². The summed E-state index contributed by atoms with van der Waals surface area (Å²) in [4.78, 5) is 31.9. The molecule has 0 saturated carbocycles. The minimum absolute atomic E-state index is 0.116. The van der Waals surface area contributed by atoms with Crippen LogP contribution in [0.3, 0.4) is 0 Å². The maximum Gasteiger partial charge on any atom is 0.265 e. The van der Waals surface area contributed by atoms with E-state index in [-0.39, 0.29) is 17.6 Å². The molecule has 2 fully saturated rings. The molecule has 0 bridgehead atoms. The van der Waals surface area contributed by atoms with Gasteiger partial charge in [-0.25, -0.2) is 4.39 Å². The Labute approximate surface area is 179 Å². The van der Waals surface area contributed by atoms with Crippen LogP contribution in [0.1, 0.15) is 35.4 Å². The highest BCUT2D eigenvalue weighted by atomic mass is 35.5. The lowest BCUT2D eigenvalue weighted by Gasteiger charge is -2.35. The van der Waals surface area contributed by atoms with Crippen molar-refractivity contribution in [3.8, 4) is 0 Å². The van der Waals surface area contributed by atoms with E-state index in [4.69, 9.17) is 11.6 Å². The number of carbonyl (C=O) groups is 2. The molecule has 0 N–H and O–H groups in total. The van der Waals surface area contributed by atoms with E-state index in [0.717, 1.165) is 25.9 Å². The Kier molecular flexibility index (Phi) is 6.37. The van der Waals surface area contributed by atoms with Gasteiger partial charge in [0.1, 0.15) is 10.7 Å². The molecule has 156 valence electrons. The Balaban J connectivity index is 1.35. The molecule has 5 nitrogen and oxygen atoms in total. The molecule has 4 rings (SSSR count). The molecule has 0 atom stereocenters. The number of carbonyl (C=O) groups excluding carboxylic acids is 2. The van der Waals surface area contributed by atoms with Crippen LogP contribution < -0.4 is 0 Å². The van der Waals surface area contributed by atoms with Gasteiger partial charge in [-0.2, -0.15) is 0 Å². The standard InChI is InChI=1S/C21H25ClFN3O2S/c22-19-16-6-5-15(23)13-17(16)29-20(19)21(28)26-11-9-24(10-12-26)14-18(27)25-7-3-1-2-4-8-25/h5-6,13H,1-4,7-12,14H2. The number of benzene rings is 1. The van der Waals surface area contributed by atoms with Gasteiger partial charge in [-0.05, 0) is 31.0 Å². The lowest BCUT2D eigenvalue weighted by Crippen LogP contribution is -2.51. The molecule has 2 saturated heterocycles. The number of nitrogens with zero attached hydrogens (tertiary/aromatic N) is 3. The summed E-state index contributed by atoms with van der Waals surface area (Å²) in [6.45, 7) is 4.61. The monoisotopic (exact) mass is 437 g/mol. The Morgan fingerprint density at radius 3 is 2.34 bits per heavy atom. The van der Waals surface area contributed by atoms with Crippen LogP contribution in [0.15, 0.2) is 18.2 Å². The maximum atomic E-state index is 13.5. The number of halogens is 2. The molecule has 2 amide bonds. The highest BCUT2D eigenvalue weighted by Crippen LogP contribution is 2.36. The van der Waals surface area contributed by atoms with Crippen molar-refractivity contribution < 1.29 is 14.0 Å². The Morgan fingerprint density at radius 1 is 0.966 bits per heavy atom. The number of thiophene rings is 1. The fraction of sp³-hybridized carbons (Fsp3) is 0.524. The van der Waals surface area contributed by atoms with Gasteiger partial charge in [-0.15, -0.1) is 11.3 Å². The highest BCUT2D eigenvalue weighted by molar-refractivity contribution is 7.21. The van der Waals surface area contributed by atoms with Crippen molar-refractivity contribution in [2.24, 2.45) is 0 Å². The van der Waals surface area contributed by atoms with E-state index < -0.39 is 0 Å². The quantitative estimate of drug-likeness (QED) is 0.732. The zero-order valence-corrected chi connectivity index (χ0v) is 17.9.